The molecular formula is C11H8ClNO5. The van der Waals surface area contributed by atoms with Gasteiger partial charge < -0.3 is 9.15 Å². The molecule has 1 heterocycles. The molecule has 0 aliphatic rings. The van der Waals surface area contributed by atoms with Gasteiger partial charge in [0.2, 0.25) is 0 Å². The zero-order valence-corrected chi connectivity index (χ0v) is 10.1. The van der Waals surface area contributed by atoms with Gasteiger partial charge in [0.25, 0.3) is 0 Å². The highest BCUT2D eigenvalue weighted by atomic mass is 35.5. The van der Waals surface area contributed by atoms with Crippen LogP contribution in [0.25, 0.3) is 11.0 Å². The molecule has 0 saturated heterocycles. The third kappa shape index (κ3) is 1.91. The van der Waals surface area contributed by atoms with Gasteiger partial charge in [-0.1, -0.05) is 17.7 Å². The van der Waals surface area contributed by atoms with Crippen molar-refractivity contribution in [3.05, 3.63) is 43.8 Å². The van der Waals surface area contributed by atoms with E-state index in [-0.39, 0.29) is 16.0 Å². The van der Waals surface area contributed by atoms with E-state index in [1.54, 1.807) is 19.1 Å². The molecule has 0 amide bonds. The molecule has 94 valence electrons. The maximum absolute atomic E-state index is 11.5. The average Bonchev–Trinajstić information content (AvgIpc) is 2.30. The molecule has 1 aromatic heterocycles. The smallest absolute Gasteiger partial charge is 0.417 e. The number of para-hydroxylation sites is 1. The van der Waals surface area contributed by atoms with Gasteiger partial charge in [0.15, 0.2) is 11.3 Å². The summed E-state index contributed by atoms with van der Waals surface area (Å²) in [5.41, 5.74) is -1.75. The third-order valence-corrected chi connectivity index (χ3v) is 2.68. The van der Waals surface area contributed by atoms with Crippen LogP contribution < -0.4 is 10.4 Å². The van der Waals surface area contributed by atoms with Gasteiger partial charge in [-0.05, 0) is 19.1 Å². The van der Waals surface area contributed by atoms with Crippen LogP contribution in [0.1, 0.15) is 6.92 Å². The van der Waals surface area contributed by atoms with Crippen LogP contribution in [0.4, 0.5) is 5.69 Å². The molecular weight excluding hydrogens is 262 g/mol. The molecule has 0 atom stereocenters. The topological polar surface area (TPSA) is 82.6 Å². The lowest BCUT2D eigenvalue weighted by molar-refractivity contribution is -0.387. The summed E-state index contributed by atoms with van der Waals surface area (Å²) in [6, 6.07) is 4.73. The second-order valence-electron chi connectivity index (χ2n) is 3.38. The Kier molecular flexibility index (Phi) is 3.20. The number of hydrogen-bond donors (Lipinski definition) is 0. The Morgan fingerprint density at radius 3 is 2.83 bits per heavy atom. The summed E-state index contributed by atoms with van der Waals surface area (Å²) in [6.45, 7) is 2.14. The minimum Gasteiger partial charge on any atom is -0.490 e. The highest BCUT2D eigenvalue weighted by Crippen LogP contribution is 2.33. The lowest BCUT2D eigenvalue weighted by atomic mass is 10.2. The van der Waals surface area contributed by atoms with Crippen molar-refractivity contribution in [1.82, 2.24) is 0 Å². The van der Waals surface area contributed by atoms with Crippen LogP contribution in [0.5, 0.6) is 5.75 Å². The first kappa shape index (κ1) is 12.4. The second-order valence-corrected chi connectivity index (χ2v) is 3.75. The van der Waals surface area contributed by atoms with Gasteiger partial charge >= 0.3 is 11.3 Å². The van der Waals surface area contributed by atoms with Crippen LogP contribution in [0.2, 0.25) is 5.02 Å². The van der Waals surface area contributed by atoms with Crippen molar-refractivity contribution in [2.75, 3.05) is 6.61 Å². The SMILES string of the molecule is CCOc1cccc2c(Cl)c([N+](=O)[O-])c(=O)oc12. The fourth-order valence-corrected chi connectivity index (χ4v) is 1.87. The zero-order valence-electron chi connectivity index (χ0n) is 9.31. The number of hydrogen-bond acceptors (Lipinski definition) is 5. The molecule has 0 spiro atoms. The molecule has 6 nitrogen and oxygen atoms in total. The Labute approximate surface area is 106 Å². The molecule has 0 radical (unpaired) electrons. The van der Waals surface area contributed by atoms with Crippen molar-refractivity contribution in [3.8, 4) is 5.75 Å². The number of nitro groups is 1. The highest BCUT2D eigenvalue weighted by Gasteiger charge is 2.24. The first-order chi connectivity index (χ1) is 8.56. The van der Waals surface area contributed by atoms with E-state index in [4.69, 9.17) is 20.8 Å². The molecule has 0 bridgehead atoms. The Morgan fingerprint density at radius 2 is 2.22 bits per heavy atom. The zero-order chi connectivity index (χ0) is 13.3. The van der Waals surface area contributed by atoms with Gasteiger partial charge in [-0.2, -0.15) is 0 Å². The number of fused-ring (bicyclic) bond motifs is 1. The van der Waals surface area contributed by atoms with Crippen molar-refractivity contribution < 1.29 is 14.1 Å². The van der Waals surface area contributed by atoms with Gasteiger partial charge in [0.1, 0.15) is 5.02 Å². The Bertz CT molecular complexity index is 679. The van der Waals surface area contributed by atoms with Gasteiger partial charge in [-0.3, -0.25) is 10.1 Å². The van der Waals surface area contributed by atoms with Gasteiger partial charge in [-0.25, -0.2) is 4.79 Å². The van der Waals surface area contributed by atoms with Crippen LogP contribution >= 0.6 is 11.6 Å². The van der Waals surface area contributed by atoms with E-state index in [0.717, 1.165) is 0 Å². The number of rotatable bonds is 3. The lowest BCUT2D eigenvalue weighted by Gasteiger charge is -2.06. The van der Waals surface area contributed by atoms with E-state index in [0.29, 0.717) is 12.4 Å². The number of ether oxygens (including phenoxy) is 1. The Hall–Kier alpha value is -2.08. The third-order valence-electron chi connectivity index (χ3n) is 2.29. The summed E-state index contributed by atoms with van der Waals surface area (Å²) in [6.07, 6.45) is 0. The molecule has 2 aromatic rings. The molecule has 0 aliphatic carbocycles. The van der Waals surface area contributed by atoms with E-state index in [9.17, 15) is 14.9 Å². The molecule has 0 saturated carbocycles. The fraction of sp³-hybridized carbons (Fsp3) is 0.182. The van der Waals surface area contributed by atoms with Crippen molar-refractivity contribution in [2.45, 2.75) is 6.92 Å². The highest BCUT2D eigenvalue weighted by molar-refractivity contribution is 6.37. The molecule has 7 heteroatoms. The van der Waals surface area contributed by atoms with Crippen molar-refractivity contribution in [2.24, 2.45) is 0 Å². The monoisotopic (exact) mass is 269 g/mol. The summed E-state index contributed by atoms with van der Waals surface area (Å²) >= 11 is 5.86. The van der Waals surface area contributed by atoms with Gasteiger partial charge in [0, 0.05) is 5.39 Å². The van der Waals surface area contributed by atoms with Crippen LogP contribution in [-0.2, 0) is 0 Å². The quantitative estimate of drug-likeness (QED) is 0.486. The van der Waals surface area contributed by atoms with E-state index in [1.165, 1.54) is 6.07 Å². The van der Waals surface area contributed by atoms with Gasteiger partial charge in [-0.15, -0.1) is 0 Å². The summed E-state index contributed by atoms with van der Waals surface area (Å²) in [5.74, 6) is 0.323. The average molecular weight is 270 g/mol. The first-order valence-electron chi connectivity index (χ1n) is 5.08. The van der Waals surface area contributed by atoms with Crippen LogP contribution in [0.3, 0.4) is 0 Å². The number of nitrogens with zero attached hydrogens (tertiary/aromatic N) is 1. The molecule has 2 rings (SSSR count). The predicted octanol–water partition coefficient (Wildman–Crippen LogP) is 2.75. The maximum Gasteiger partial charge on any atom is 0.417 e. The van der Waals surface area contributed by atoms with E-state index < -0.39 is 16.2 Å². The van der Waals surface area contributed by atoms with Crippen molar-refractivity contribution in [1.29, 1.82) is 0 Å². The summed E-state index contributed by atoms with van der Waals surface area (Å²) < 4.78 is 10.2. The lowest BCUT2D eigenvalue weighted by Crippen LogP contribution is -2.08. The molecule has 0 N–H and O–H groups in total. The molecule has 0 aliphatic heterocycles. The standard InChI is InChI=1S/C11H8ClNO5/c1-2-17-7-5-3-4-6-8(12)9(13(15)16)11(14)18-10(6)7/h3-5H,2H2,1H3. The maximum atomic E-state index is 11.5. The molecule has 0 fully saturated rings. The van der Waals surface area contributed by atoms with Crippen molar-refractivity contribution >= 4 is 28.3 Å². The number of halogens is 1. The van der Waals surface area contributed by atoms with Crippen LogP contribution in [-0.4, -0.2) is 11.5 Å². The van der Waals surface area contributed by atoms with Crippen LogP contribution in [0, 0.1) is 10.1 Å². The number of benzene rings is 1. The largest absolute Gasteiger partial charge is 0.490 e. The minimum atomic E-state index is -1.09. The molecule has 18 heavy (non-hydrogen) atoms. The Balaban J connectivity index is 2.85. The summed E-state index contributed by atoms with van der Waals surface area (Å²) in [4.78, 5) is 21.4. The Morgan fingerprint density at radius 1 is 1.50 bits per heavy atom. The van der Waals surface area contributed by atoms with Crippen molar-refractivity contribution in [3.63, 3.8) is 0 Å². The minimum absolute atomic E-state index is 0.111. The fourth-order valence-electron chi connectivity index (χ4n) is 1.58. The van der Waals surface area contributed by atoms with Gasteiger partial charge in [0.05, 0.1) is 11.5 Å². The normalized spacial score (nSPS) is 10.6. The molecule has 0 unspecified atom stereocenters. The predicted molar refractivity (Wildman–Crippen MR) is 65.3 cm³/mol. The summed E-state index contributed by atoms with van der Waals surface area (Å²) in [7, 11) is 0. The second kappa shape index (κ2) is 4.66. The van der Waals surface area contributed by atoms with E-state index in [1.807, 2.05) is 0 Å². The molecule has 1 aromatic carbocycles. The van der Waals surface area contributed by atoms with E-state index in [2.05, 4.69) is 0 Å². The van der Waals surface area contributed by atoms with Crippen LogP contribution in [0.15, 0.2) is 27.4 Å². The van der Waals surface area contributed by atoms with E-state index >= 15 is 0 Å². The first-order valence-corrected chi connectivity index (χ1v) is 5.46. The summed E-state index contributed by atoms with van der Waals surface area (Å²) in [5, 5.41) is 10.8.